The number of likely N-dealkylation sites (N-methyl/N-ethyl adjacent to an activating group) is 1. The van der Waals surface area contributed by atoms with Crippen LogP contribution in [0.15, 0.2) is 24.3 Å². The highest BCUT2D eigenvalue weighted by molar-refractivity contribution is 6.00. The van der Waals surface area contributed by atoms with Gasteiger partial charge in [0.25, 0.3) is 0 Å². The van der Waals surface area contributed by atoms with Crippen LogP contribution in [0.25, 0.3) is 0 Å². The molecule has 0 fully saturated rings. The highest BCUT2D eigenvalue weighted by Gasteiger charge is 2.16. The molecule has 15 heavy (non-hydrogen) atoms. The second-order valence-electron chi connectivity index (χ2n) is 3.50. The summed E-state index contributed by atoms with van der Waals surface area (Å²) in [6.45, 7) is 2.03. The molecule has 0 heterocycles. The topological polar surface area (TPSA) is 29.1 Å². The van der Waals surface area contributed by atoms with Crippen molar-refractivity contribution in [3.05, 3.63) is 35.6 Å². The van der Waals surface area contributed by atoms with Crippen LogP contribution in [0.5, 0.6) is 0 Å². The van der Waals surface area contributed by atoms with E-state index in [0.29, 0.717) is 5.56 Å². The fourth-order valence-electron chi connectivity index (χ4n) is 1.51. The molecule has 0 radical (unpaired) electrons. The van der Waals surface area contributed by atoms with Gasteiger partial charge in [0.05, 0.1) is 6.04 Å². The Morgan fingerprint density at radius 2 is 2.00 bits per heavy atom. The fraction of sp³-hybridized carbons (Fsp3) is 0.417. The van der Waals surface area contributed by atoms with Gasteiger partial charge in [-0.25, -0.2) is 4.39 Å². The van der Waals surface area contributed by atoms with Crippen molar-refractivity contribution in [3.63, 3.8) is 0 Å². The van der Waals surface area contributed by atoms with Gasteiger partial charge in [-0.05, 0) is 37.7 Å². The fourth-order valence-corrected chi connectivity index (χ4v) is 1.51. The summed E-state index contributed by atoms with van der Waals surface area (Å²) in [6.07, 6.45) is 1.74. The molecule has 0 aliphatic rings. The molecule has 0 amide bonds. The molecule has 2 nitrogen and oxygen atoms in total. The number of hydrogen-bond donors (Lipinski definition) is 1. The van der Waals surface area contributed by atoms with Crippen LogP contribution in [0.4, 0.5) is 4.39 Å². The Balaban J connectivity index is 2.78. The van der Waals surface area contributed by atoms with Crippen LogP contribution < -0.4 is 5.32 Å². The average Bonchev–Trinajstić information content (AvgIpc) is 2.26. The van der Waals surface area contributed by atoms with Crippen LogP contribution in [-0.4, -0.2) is 18.9 Å². The zero-order valence-electron chi connectivity index (χ0n) is 9.09. The van der Waals surface area contributed by atoms with E-state index in [2.05, 4.69) is 5.32 Å². The summed E-state index contributed by atoms with van der Waals surface area (Å²) in [5.41, 5.74) is 0.559. The summed E-state index contributed by atoms with van der Waals surface area (Å²) in [6, 6.07) is 5.51. The lowest BCUT2D eigenvalue weighted by Gasteiger charge is -2.13. The highest BCUT2D eigenvalue weighted by atomic mass is 19.1. The predicted molar refractivity (Wildman–Crippen MR) is 58.5 cm³/mol. The van der Waals surface area contributed by atoms with Crippen molar-refractivity contribution < 1.29 is 9.18 Å². The molecule has 3 heteroatoms. The zero-order valence-corrected chi connectivity index (χ0v) is 9.09. The van der Waals surface area contributed by atoms with E-state index in [9.17, 15) is 9.18 Å². The third kappa shape index (κ3) is 3.13. The standard InChI is InChI=1S/C12H16FNO/c1-3-4-11(14-2)12(15)9-5-7-10(13)8-6-9/h5-8,11,14H,3-4H2,1-2H3/t11-/m0/s1. The summed E-state index contributed by atoms with van der Waals surface area (Å²) in [5, 5.41) is 2.97. The van der Waals surface area contributed by atoms with Crippen molar-refractivity contribution in [2.75, 3.05) is 7.05 Å². The second-order valence-corrected chi connectivity index (χ2v) is 3.50. The van der Waals surface area contributed by atoms with Gasteiger partial charge in [0.15, 0.2) is 5.78 Å². The highest BCUT2D eigenvalue weighted by Crippen LogP contribution is 2.09. The molecule has 0 saturated heterocycles. The number of ketones is 1. The molecule has 0 aliphatic carbocycles. The molecule has 0 spiro atoms. The van der Waals surface area contributed by atoms with E-state index in [-0.39, 0.29) is 17.6 Å². The molecule has 1 aromatic rings. The van der Waals surface area contributed by atoms with Gasteiger partial charge in [-0.1, -0.05) is 13.3 Å². The number of benzene rings is 1. The lowest BCUT2D eigenvalue weighted by Crippen LogP contribution is -2.33. The van der Waals surface area contributed by atoms with Crippen LogP contribution in [0.1, 0.15) is 30.1 Å². The number of Topliss-reactive ketones (excluding diaryl/α,β-unsaturated/α-hetero) is 1. The first-order valence-electron chi connectivity index (χ1n) is 5.16. The minimum absolute atomic E-state index is 0.0272. The van der Waals surface area contributed by atoms with Gasteiger partial charge in [-0.3, -0.25) is 4.79 Å². The molecular weight excluding hydrogens is 193 g/mol. The van der Waals surface area contributed by atoms with Gasteiger partial charge in [-0.2, -0.15) is 0 Å². The molecule has 0 saturated carbocycles. The van der Waals surface area contributed by atoms with Gasteiger partial charge < -0.3 is 5.32 Å². The molecule has 1 rings (SSSR count). The first kappa shape index (κ1) is 11.9. The van der Waals surface area contributed by atoms with Crippen molar-refractivity contribution in [2.45, 2.75) is 25.8 Å². The van der Waals surface area contributed by atoms with Gasteiger partial charge in [-0.15, -0.1) is 0 Å². The van der Waals surface area contributed by atoms with Crippen molar-refractivity contribution >= 4 is 5.78 Å². The normalized spacial score (nSPS) is 12.5. The maximum atomic E-state index is 12.7. The molecule has 82 valence electrons. The van der Waals surface area contributed by atoms with Gasteiger partial charge >= 0.3 is 0 Å². The number of rotatable bonds is 5. The third-order valence-corrected chi connectivity index (χ3v) is 2.37. The molecule has 0 aliphatic heterocycles. The number of halogens is 1. The Morgan fingerprint density at radius 1 is 1.40 bits per heavy atom. The Hall–Kier alpha value is -1.22. The minimum atomic E-state index is -0.317. The Bertz CT molecular complexity index is 321. The number of carbonyl (C=O) groups excluding carboxylic acids is 1. The summed E-state index contributed by atoms with van der Waals surface area (Å²) in [4.78, 5) is 11.9. The van der Waals surface area contributed by atoms with E-state index in [0.717, 1.165) is 12.8 Å². The van der Waals surface area contributed by atoms with Gasteiger partial charge in [0, 0.05) is 5.56 Å². The van der Waals surface area contributed by atoms with Crippen LogP contribution in [0, 0.1) is 5.82 Å². The summed E-state index contributed by atoms with van der Waals surface area (Å²) >= 11 is 0. The third-order valence-electron chi connectivity index (χ3n) is 2.37. The summed E-state index contributed by atoms with van der Waals surface area (Å²) < 4.78 is 12.7. The predicted octanol–water partition coefficient (Wildman–Crippen LogP) is 2.40. The van der Waals surface area contributed by atoms with E-state index < -0.39 is 0 Å². The summed E-state index contributed by atoms with van der Waals surface area (Å²) in [5.74, 6) is -0.289. The van der Waals surface area contributed by atoms with Gasteiger partial charge in [0.1, 0.15) is 5.82 Å². The maximum absolute atomic E-state index is 12.7. The van der Waals surface area contributed by atoms with Crippen molar-refractivity contribution in [1.29, 1.82) is 0 Å². The van der Waals surface area contributed by atoms with Crippen LogP contribution in [-0.2, 0) is 0 Å². The zero-order chi connectivity index (χ0) is 11.3. The lowest BCUT2D eigenvalue weighted by molar-refractivity contribution is 0.0942. The quantitative estimate of drug-likeness (QED) is 0.754. The Kier molecular flexibility index (Phi) is 4.43. The smallest absolute Gasteiger partial charge is 0.179 e. The van der Waals surface area contributed by atoms with Crippen LogP contribution in [0.2, 0.25) is 0 Å². The second kappa shape index (κ2) is 5.61. The molecule has 0 unspecified atom stereocenters. The number of nitrogens with one attached hydrogen (secondary N) is 1. The van der Waals surface area contributed by atoms with Crippen molar-refractivity contribution in [3.8, 4) is 0 Å². The minimum Gasteiger partial charge on any atom is -0.310 e. The van der Waals surface area contributed by atoms with Crippen LogP contribution in [0.3, 0.4) is 0 Å². The lowest BCUT2D eigenvalue weighted by atomic mass is 10.0. The number of hydrogen-bond acceptors (Lipinski definition) is 2. The molecule has 1 N–H and O–H groups in total. The van der Waals surface area contributed by atoms with Crippen molar-refractivity contribution in [2.24, 2.45) is 0 Å². The molecule has 0 aromatic heterocycles. The largest absolute Gasteiger partial charge is 0.310 e. The SMILES string of the molecule is CCC[C@H](NC)C(=O)c1ccc(F)cc1. The first-order valence-corrected chi connectivity index (χ1v) is 5.16. The molecule has 0 bridgehead atoms. The van der Waals surface area contributed by atoms with Crippen LogP contribution >= 0.6 is 0 Å². The molecule has 1 atom stereocenters. The van der Waals surface area contributed by atoms with E-state index in [1.165, 1.54) is 24.3 Å². The monoisotopic (exact) mass is 209 g/mol. The number of carbonyl (C=O) groups is 1. The molecular formula is C12H16FNO. The summed E-state index contributed by atoms with van der Waals surface area (Å²) in [7, 11) is 1.77. The van der Waals surface area contributed by atoms with E-state index in [1.54, 1.807) is 7.05 Å². The van der Waals surface area contributed by atoms with E-state index in [4.69, 9.17) is 0 Å². The van der Waals surface area contributed by atoms with E-state index >= 15 is 0 Å². The van der Waals surface area contributed by atoms with Gasteiger partial charge in [0.2, 0.25) is 0 Å². The Labute approximate surface area is 89.5 Å². The molecule has 1 aromatic carbocycles. The Morgan fingerprint density at radius 3 is 2.47 bits per heavy atom. The average molecular weight is 209 g/mol. The van der Waals surface area contributed by atoms with Crippen molar-refractivity contribution in [1.82, 2.24) is 5.32 Å². The van der Waals surface area contributed by atoms with E-state index in [1.807, 2.05) is 6.92 Å². The maximum Gasteiger partial charge on any atom is 0.179 e. The first-order chi connectivity index (χ1) is 7.19.